The predicted molar refractivity (Wildman–Crippen MR) is 157 cm³/mol. The highest BCUT2D eigenvalue weighted by atomic mass is 19.1. The van der Waals surface area contributed by atoms with Crippen LogP contribution >= 0.6 is 0 Å². The average molecular weight is 585 g/mol. The molecule has 1 aliphatic carbocycles. The number of anilines is 1. The van der Waals surface area contributed by atoms with Gasteiger partial charge in [0, 0.05) is 17.7 Å². The van der Waals surface area contributed by atoms with E-state index in [1.54, 1.807) is 0 Å². The number of nitrogens with two attached hydrogens (primary N) is 1. The Kier molecular flexibility index (Phi) is 7.52. The minimum atomic E-state index is -0.830. The molecule has 3 aromatic carbocycles. The molecule has 1 aliphatic heterocycles. The zero-order chi connectivity index (χ0) is 31.2. The van der Waals surface area contributed by atoms with Gasteiger partial charge in [-0.25, -0.2) is 8.78 Å². The van der Waals surface area contributed by atoms with Crippen molar-refractivity contribution < 1.29 is 23.2 Å². The number of hydrogen-bond acceptors (Lipinski definition) is 7. The van der Waals surface area contributed by atoms with E-state index >= 15 is 0 Å². The standard InChI is InChI=1S/C33H30F2N4O4/c1-18-11-20(17-43-23-8-5-21(34)6-9-23)19(2)24(12-18)30-25(16-36)32(37)38(26-10-7-22(35)13-27(26)39(41)42)28-14-33(3,4)15-29(40)31(28)30/h5-13,30H,14-15,17,37H2,1-4H3. The maximum Gasteiger partial charge on any atom is 0.296 e. The second-order valence-electron chi connectivity index (χ2n) is 11.8. The SMILES string of the molecule is Cc1cc(COc2ccc(F)cc2)c(C)c(C2C(C#N)=C(N)N(c3ccc(F)cc3[N+](=O)[O-])C3=C2C(=O)CC(C)(C)C3)c1. The summed E-state index contributed by atoms with van der Waals surface area (Å²) >= 11 is 0. The second-order valence-corrected chi connectivity index (χ2v) is 11.8. The van der Waals surface area contributed by atoms with Crippen molar-refractivity contribution in [1.82, 2.24) is 0 Å². The number of carbonyl (C=O) groups excluding carboxylic acids is 1. The molecule has 0 fully saturated rings. The molecule has 1 heterocycles. The summed E-state index contributed by atoms with van der Waals surface area (Å²) in [5, 5.41) is 22.5. The number of ketones is 1. The van der Waals surface area contributed by atoms with Crippen LogP contribution in [0.25, 0.3) is 0 Å². The van der Waals surface area contributed by atoms with Crippen LogP contribution in [-0.4, -0.2) is 10.7 Å². The van der Waals surface area contributed by atoms with Gasteiger partial charge in [0.05, 0.1) is 28.5 Å². The van der Waals surface area contributed by atoms with Gasteiger partial charge in [-0.2, -0.15) is 5.26 Å². The monoisotopic (exact) mass is 584 g/mol. The van der Waals surface area contributed by atoms with Crippen LogP contribution in [0, 0.1) is 52.3 Å². The molecule has 0 bridgehead atoms. The van der Waals surface area contributed by atoms with Crippen molar-refractivity contribution in [2.45, 2.75) is 53.1 Å². The number of hydrogen-bond donors (Lipinski definition) is 1. The van der Waals surface area contributed by atoms with Gasteiger partial charge in [0.25, 0.3) is 5.69 Å². The lowest BCUT2D eigenvalue weighted by Crippen LogP contribution is -2.42. The molecule has 0 spiro atoms. The van der Waals surface area contributed by atoms with Crippen molar-refractivity contribution in [3.05, 3.63) is 121 Å². The van der Waals surface area contributed by atoms with E-state index in [4.69, 9.17) is 10.5 Å². The molecule has 0 saturated carbocycles. The van der Waals surface area contributed by atoms with Crippen LogP contribution in [0.5, 0.6) is 5.75 Å². The van der Waals surface area contributed by atoms with Gasteiger partial charge in [0.15, 0.2) is 5.78 Å². The Morgan fingerprint density at radius 2 is 1.77 bits per heavy atom. The summed E-state index contributed by atoms with van der Waals surface area (Å²) in [5.74, 6) is -1.78. The first kappa shape index (κ1) is 29.5. The number of halogens is 2. The molecule has 5 rings (SSSR count). The van der Waals surface area contributed by atoms with Crippen LogP contribution in [0.2, 0.25) is 0 Å². The number of rotatable bonds is 6. The second kappa shape index (κ2) is 11.0. The van der Waals surface area contributed by atoms with Gasteiger partial charge in [0.2, 0.25) is 0 Å². The minimum Gasteiger partial charge on any atom is -0.489 e. The first-order valence-corrected chi connectivity index (χ1v) is 13.7. The van der Waals surface area contributed by atoms with Crippen molar-refractivity contribution in [2.75, 3.05) is 4.90 Å². The molecule has 2 aliphatic rings. The number of aryl methyl sites for hydroxylation is 1. The number of allylic oxidation sites excluding steroid dienone is 3. The van der Waals surface area contributed by atoms with E-state index in [-0.39, 0.29) is 41.7 Å². The third-order valence-corrected chi connectivity index (χ3v) is 7.97. The summed E-state index contributed by atoms with van der Waals surface area (Å²) < 4.78 is 33.4. The molecular formula is C33H30F2N4O4. The number of benzene rings is 3. The normalized spacial score (nSPS) is 17.9. The minimum absolute atomic E-state index is 0.0255. The molecule has 43 heavy (non-hydrogen) atoms. The quantitative estimate of drug-likeness (QED) is 0.244. The maximum absolute atomic E-state index is 14.1. The lowest BCUT2D eigenvalue weighted by atomic mass is 9.68. The number of nitro benzene ring substituents is 1. The predicted octanol–water partition coefficient (Wildman–Crippen LogP) is 7.01. The molecule has 0 saturated heterocycles. The molecule has 1 unspecified atom stereocenters. The van der Waals surface area contributed by atoms with Crippen LogP contribution in [-0.2, 0) is 11.4 Å². The first-order valence-electron chi connectivity index (χ1n) is 13.7. The third kappa shape index (κ3) is 5.46. The van der Waals surface area contributed by atoms with Gasteiger partial charge < -0.3 is 10.5 Å². The van der Waals surface area contributed by atoms with E-state index < -0.39 is 27.8 Å². The fourth-order valence-electron chi connectivity index (χ4n) is 6.03. The Bertz CT molecular complexity index is 1770. The van der Waals surface area contributed by atoms with Crippen LogP contribution in [0.1, 0.15) is 54.9 Å². The van der Waals surface area contributed by atoms with Crippen molar-refractivity contribution in [3.8, 4) is 11.8 Å². The molecule has 0 radical (unpaired) electrons. The highest BCUT2D eigenvalue weighted by Gasteiger charge is 2.46. The molecular weight excluding hydrogens is 554 g/mol. The molecule has 10 heteroatoms. The molecule has 8 nitrogen and oxygen atoms in total. The summed E-state index contributed by atoms with van der Waals surface area (Å²) in [5.41, 5.74) is 9.59. The summed E-state index contributed by atoms with van der Waals surface area (Å²) in [6, 6.07) is 14.8. The fourth-order valence-corrected chi connectivity index (χ4v) is 6.03. The average Bonchev–Trinajstić information content (AvgIpc) is 2.93. The highest BCUT2D eigenvalue weighted by molar-refractivity contribution is 6.02. The number of nitriles is 1. The van der Waals surface area contributed by atoms with E-state index in [1.807, 2.05) is 39.8 Å². The number of nitro groups is 1. The van der Waals surface area contributed by atoms with Crippen molar-refractivity contribution in [3.63, 3.8) is 0 Å². The van der Waals surface area contributed by atoms with Gasteiger partial charge in [-0.1, -0.05) is 31.5 Å². The number of ether oxygens (including phenoxy) is 1. The smallest absolute Gasteiger partial charge is 0.296 e. The van der Waals surface area contributed by atoms with Crippen molar-refractivity contribution in [2.24, 2.45) is 11.1 Å². The summed E-state index contributed by atoms with van der Waals surface area (Å²) in [4.78, 5) is 26.6. The number of nitrogens with zero attached hydrogens (tertiary/aromatic N) is 3. The molecule has 1 atom stereocenters. The van der Waals surface area contributed by atoms with Gasteiger partial charge in [0.1, 0.15) is 35.5 Å². The fraction of sp³-hybridized carbons (Fsp3) is 0.273. The van der Waals surface area contributed by atoms with Crippen LogP contribution in [0.3, 0.4) is 0 Å². The van der Waals surface area contributed by atoms with E-state index in [1.165, 1.54) is 35.2 Å². The number of Topliss-reactive ketones (excluding diaryl/α,β-unsaturated/α-hetero) is 1. The third-order valence-electron chi connectivity index (χ3n) is 7.97. The zero-order valence-electron chi connectivity index (χ0n) is 24.2. The lowest BCUT2D eigenvalue weighted by Gasteiger charge is -2.43. The Morgan fingerprint density at radius 3 is 2.42 bits per heavy atom. The van der Waals surface area contributed by atoms with E-state index in [0.29, 0.717) is 29.0 Å². The summed E-state index contributed by atoms with van der Waals surface area (Å²) in [6.07, 6.45) is 0.537. The Morgan fingerprint density at radius 1 is 1.09 bits per heavy atom. The van der Waals surface area contributed by atoms with Gasteiger partial charge in [-0.05, 0) is 78.8 Å². The molecule has 220 valence electrons. The topological polar surface area (TPSA) is 122 Å². The van der Waals surface area contributed by atoms with E-state index in [0.717, 1.165) is 28.8 Å². The lowest BCUT2D eigenvalue weighted by molar-refractivity contribution is -0.384. The molecule has 3 aromatic rings. The van der Waals surface area contributed by atoms with E-state index in [2.05, 4.69) is 6.07 Å². The molecule has 0 aromatic heterocycles. The first-order chi connectivity index (χ1) is 20.3. The molecule has 0 amide bonds. The Balaban J connectivity index is 1.70. The van der Waals surface area contributed by atoms with Crippen molar-refractivity contribution >= 4 is 17.2 Å². The van der Waals surface area contributed by atoms with Crippen LogP contribution in [0.4, 0.5) is 20.2 Å². The Hall–Kier alpha value is -5.04. The maximum atomic E-state index is 14.1. The van der Waals surface area contributed by atoms with E-state index in [9.17, 15) is 29.0 Å². The summed E-state index contributed by atoms with van der Waals surface area (Å²) in [6.45, 7) is 7.76. The number of carbonyl (C=O) groups is 1. The van der Waals surface area contributed by atoms with Gasteiger partial charge in [-0.3, -0.25) is 19.8 Å². The van der Waals surface area contributed by atoms with Crippen LogP contribution in [0.15, 0.2) is 77.3 Å². The Labute approximate surface area is 247 Å². The highest BCUT2D eigenvalue weighted by Crippen LogP contribution is 2.52. The molecule has 2 N–H and O–H groups in total. The summed E-state index contributed by atoms with van der Waals surface area (Å²) in [7, 11) is 0. The van der Waals surface area contributed by atoms with Crippen LogP contribution < -0.4 is 15.4 Å². The van der Waals surface area contributed by atoms with Gasteiger partial charge in [-0.15, -0.1) is 0 Å². The zero-order valence-corrected chi connectivity index (χ0v) is 24.2. The van der Waals surface area contributed by atoms with Gasteiger partial charge >= 0.3 is 0 Å². The van der Waals surface area contributed by atoms with Crippen molar-refractivity contribution in [1.29, 1.82) is 5.26 Å². The largest absolute Gasteiger partial charge is 0.489 e.